The van der Waals surface area contributed by atoms with E-state index in [1.807, 2.05) is 36.8 Å². The van der Waals surface area contributed by atoms with Crippen LogP contribution in [0.5, 0.6) is 0 Å². The molecule has 3 heteroatoms. The van der Waals surface area contributed by atoms with E-state index in [0.29, 0.717) is 6.04 Å². The van der Waals surface area contributed by atoms with Crippen molar-refractivity contribution in [1.82, 2.24) is 9.55 Å². The molecule has 0 unspecified atom stereocenters. The van der Waals surface area contributed by atoms with E-state index in [9.17, 15) is 0 Å². The lowest BCUT2D eigenvalue weighted by atomic mass is 10.1. The van der Waals surface area contributed by atoms with E-state index in [1.165, 1.54) is 12.8 Å². The second-order valence-electron chi connectivity index (χ2n) is 4.00. The Balaban J connectivity index is 2.12. The van der Waals surface area contributed by atoms with Gasteiger partial charge in [0.1, 0.15) is 0 Å². The molecule has 1 aromatic heterocycles. The average Bonchev–Trinajstić information content (AvgIpc) is 2.98. The maximum Gasteiger partial charge on any atom is 0.0953 e. The van der Waals surface area contributed by atoms with Gasteiger partial charge in [-0.15, -0.1) is 0 Å². The van der Waals surface area contributed by atoms with Gasteiger partial charge in [0, 0.05) is 17.3 Å². The molecule has 2 aromatic rings. The number of para-hydroxylation sites is 1. The summed E-state index contributed by atoms with van der Waals surface area (Å²) >= 11 is 0. The van der Waals surface area contributed by atoms with Crippen LogP contribution in [0.25, 0.3) is 11.3 Å². The number of nitrogens with zero attached hydrogens (tertiary/aromatic N) is 2. The number of hydrogen-bond acceptors (Lipinski definition) is 2. The molecule has 0 aliphatic heterocycles. The van der Waals surface area contributed by atoms with Crippen LogP contribution >= 0.6 is 0 Å². The highest BCUT2D eigenvalue weighted by Crippen LogP contribution is 2.39. The molecule has 3 rings (SSSR count). The standard InChI is InChI=1S/C12H13N3/c13-11-4-2-1-3-10(11)12-7-14-8-15(12)9-5-6-9/h1-4,7-9H,5-6,13H2. The van der Waals surface area contributed by atoms with Gasteiger partial charge in [0.05, 0.1) is 18.2 Å². The van der Waals surface area contributed by atoms with Crippen molar-refractivity contribution in [3.63, 3.8) is 0 Å². The Labute approximate surface area is 88.6 Å². The molecule has 0 amide bonds. The molecule has 1 aromatic carbocycles. The van der Waals surface area contributed by atoms with E-state index in [4.69, 9.17) is 5.73 Å². The van der Waals surface area contributed by atoms with E-state index >= 15 is 0 Å². The Bertz CT molecular complexity index is 483. The first-order chi connectivity index (χ1) is 7.36. The predicted molar refractivity (Wildman–Crippen MR) is 60.3 cm³/mol. The third-order valence-corrected chi connectivity index (χ3v) is 2.84. The summed E-state index contributed by atoms with van der Waals surface area (Å²) in [5.41, 5.74) is 9.00. The molecule has 0 atom stereocenters. The van der Waals surface area contributed by atoms with Gasteiger partial charge in [-0.3, -0.25) is 0 Å². The maximum atomic E-state index is 5.96. The number of nitrogen functional groups attached to an aromatic ring is 1. The lowest BCUT2D eigenvalue weighted by molar-refractivity contribution is 0.748. The number of rotatable bonds is 2. The molecule has 15 heavy (non-hydrogen) atoms. The molecule has 0 bridgehead atoms. The molecule has 0 radical (unpaired) electrons. The lowest BCUT2D eigenvalue weighted by Gasteiger charge is -2.08. The van der Waals surface area contributed by atoms with Gasteiger partial charge in [0.15, 0.2) is 0 Å². The monoisotopic (exact) mass is 199 g/mol. The van der Waals surface area contributed by atoms with Crippen LogP contribution in [0.15, 0.2) is 36.8 Å². The van der Waals surface area contributed by atoms with Crippen LogP contribution in [0.1, 0.15) is 18.9 Å². The topological polar surface area (TPSA) is 43.8 Å². The number of nitrogens with two attached hydrogens (primary N) is 1. The largest absolute Gasteiger partial charge is 0.398 e. The maximum absolute atomic E-state index is 5.96. The van der Waals surface area contributed by atoms with Crippen LogP contribution < -0.4 is 5.73 Å². The zero-order valence-corrected chi connectivity index (χ0v) is 8.43. The molecule has 2 N–H and O–H groups in total. The summed E-state index contributed by atoms with van der Waals surface area (Å²) in [6, 6.07) is 8.58. The van der Waals surface area contributed by atoms with Crippen LogP contribution in [0.3, 0.4) is 0 Å². The molecule has 3 nitrogen and oxygen atoms in total. The van der Waals surface area contributed by atoms with Crippen LogP contribution in [0.4, 0.5) is 5.69 Å². The second kappa shape index (κ2) is 3.12. The van der Waals surface area contributed by atoms with Crippen LogP contribution in [-0.4, -0.2) is 9.55 Å². The van der Waals surface area contributed by atoms with Crippen molar-refractivity contribution in [1.29, 1.82) is 0 Å². The molecule has 1 aliphatic rings. The zero-order valence-electron chi connectivity index (χ0n) is 8.43. The highest BCUT2D eigenvalue weighted by atomic mass is 15.1. The van der Waals surface area contributed by atoms with Crippen LogP contribution in [0, 0.1) is 0 Å². The SMILES string of the molecule is Nc1ccccc1-c1cncn1C1CC1. The van der Waals surface area contributed by atoms with Crippen molar-refractivity contribution in [3.8, 4) is 11.3 Å². The predicted octanol–water partition coefficient (Wildman–Crippen LogP) is 2.47. The molecule has 1 aliphatic carbocycles. The fourth-order valence-corrected chi connectivity index (χ4v) is 1.89. The Morgan fingerprint density at radius 2 is 2.07 bits per heavy atom. The van der Waals surface area contributed by atoms with Crippen LogP contribution in [-0.2, 0) is 0 Å². The normalized spacial score (nSPS) is 15.5. The van der Waals surface area contributed by atoms with Crippen LogP contribution in [0.2, 0.25) is 0 Å². The summed E-state index contributed by atoms with van der Waals surface area (Å²) in [6.07, 6.45) is 6.32. The fraction of sp³-hybridized carbons (Fsp3) is 0.250. The molecule has 0 spiro atoms. The van der Waals surface area contributed by atoms with E-state index in [-0.39, 0.29) is 0 Å². The Kier molecular flexibility index (Phi) is 1.78. The Hall–Kier alpha value is -1.77. The minimum atomic E-state index is 0.641. The molecule has 1 heterocycles. The van der Waals surface area contributed by atoms with Crippen molar-refractivity contribution in [2.75, 3.05) is 5.73 Å². The van der Waals surface area contributed by atoms with E-state index in [2.05, 4.69) is 9.55 Å². The van der Waals surface area contributed by atoms with E-state index < -0.39 is 0 Å². The fourth-order valence-electron chi connectivity index (χ4n) is 1.89. The summed E-state index contributed by atoms with van der Waals surface area (Å²) in [6.45, 7) is 0. The molecule has 76 valence electrons. The van der Waals surface area contributed by atoms with Gasteiger partial charge in [0.25, 0.3) is 0 Å². The van der Waals surface area contributed by atoms with Gasteiger partial charge >= 0.3 is 0 Å². The highest BCUT2D eigenvalue weighted by molar-refractivity contribution is 5.73. The smallest absolute Gasteiger partial charge is 0.0953 e. The number of benzene rings is 1. The zero-order chi connectivity index (χ0) is 10.3. The average molecular weight is 199 g/mol. The Morgan fingerprint density at radius 3 is 2.80 bits per heavy atom. The third-order valence-electron chi connectivity index (χ3n) is 2.84. The second-order valence-corrected chi connectivity index (χ2v) is 4.00. The van der Waals surface area contributed by atoms with Crippen molar-refractivity contribution in [2.45, 2.75) is 18.9 Å². The van der Waals surface area contributed by atoms with Crippen molar-refractivity contribution in [3.05, 3.63) is 36.8 Å². The highest BCUT2D eigenvalue weighted by Gasteiger charge is 2.25. The number of imidazole rings is 1. The van der Waals surface area contributed by atoms with Crippen molar-refractivity contribution < 1.29 is 0 Å². The third kappa shape index (κ3) is 1.40. The number of hydrogen-bond donors (Lipinski definition) is 1. The molecule has 0 saturated heterocycles. The van der Waals surface area contributed by atoms with Gasteiger partial charge in [-0.1, -0.05) is 18.2 Å². The minimum Gasteiger partial charge on any atom is -0.398 e. The van der Waals surface area contributed by atoms with Gasteiger partial charge < -0.3 is 10.3 Å². The van der Waals surface area contributed by atoms with Gasteiger partial charge in [-0.05, 0) is 18.9 Å². The van der Waals surface area contributed by atoms with Gasteiger partial charge in [-0.25, -0.2) is 4.98 Å². The first-order valence-corrected chi connectivity index (χ1v) is 5.23. The van der Waals surface area contributed by atoms with Gasteiger partial charge in [-0.2, -0.15) is 0 Å². The number of aromatic nitrogens is 2. The lowest BCUT2D eigenvalue weighted by Crippen LogP contribution is -1.97. The summed E-state index contributed by atoms with van der Waals surface area (Å²) in [4.78, 5) is 4.21. The molecule has 1 saturated carbocycles. The van der Waals surface area contributed by atoms with Crippen molar-refractivity contribution >= 4 is 5.69 Å². The summed E-state index contributed by atoms with van der Waals surface area (Å²) in [5.74, 6) is 0. The quantitative estimate of drug-likeness (QED) is 0.755. The molecular formula is C12H13N3. The number of anilines is 1. The van der Waals surface area contributed by atoms with E-state index in [0.717, 1.165) is 16.9 Å². The first-order valence-electron chi connectivity index (χ1n) is 5.23. The molecular weight excluding hydrogens is 186 g/mol. The minimum absolute atomic E-state index is 0.641. The summed E-state index contributed by atoms with van der Waals surface area (Å²) in [7, 11) is 0. The Morgan fingerprint density at radius 1 is 1.27 bits per heavy atom. The van der Waals surface area contributed by atoms with E-state index in [1.54, 1.807) is 0 Å². The van der Waals surface area contributed by atoms with Crippen molar-refractivity contribution in [2.24, 2.45) is 0 Å². The summed E-state index contributed by atoms with van der Waals surface area (Å²) in [5, 5.41) is 0. The molecule has 1 fully saturated rings. The summed E-state index contributed by atoms with van der Waals surface area (Å²) < 4.78 is 2.23. The van der Waals surface area contributed by atoms with Gasteiger partial charge in [0.2, 0.25) is 0 Å². The first kappa shape index (κ1) is 8.53.